The number of furan rings is 2. The topological polar surface area (TPSA) is 364 Å². The van der Waals surface area contributed by atoms with Crippen LogP contribution in [-0.2, 0) is 105 Å². The van der Waals surface area contributed by atoms with Crippen LogP contribution in [0.5, 0.6) is 0 Å². The maximum absolute atomic E-state index is 15.1. The van der Waals surface area contributed by atoms with Gasteiger partial charge in [0, 0.05) is 108 Å². The predicted octanol–water partition coefficient (Wildman–Crippen LogP) is 7.28. The van der Waals surface area contributed by atoms with Gasteiger partial charge in [0.2, 0.25) is 11.2 Å². The summed E-state index contributed by atoms with van der Waals surface area (Å²) in [6.07, 6.45) is -3.61. The first kappa shape index (κ1) is 72.8. The van der Waals surface area contributed by atoms with Crippen molar-refractivity contribution in [2.75, 3.05) is 14.2 Å². The van der Waals surface area contributed by atoms with Crippen LogP contribution in [0.1, 0.15) is 185 Å². The van der Waals surface area contributed by atoms with Gasteiger partial charge in [0.1, 0.15) is 24.4 Å². The van der Waals surface area contributed by atoms with Crippen LogP contribution in [0.4, 0.5) is 0 Å². The van der Waals surface area contributed by atoms with Crippen molar-refractivity contribution >= 4 is 71.3 Å². The van der Waals surface area contributed by atoms with Crippen molar-refractivity contribution in [3.05, 3.63) is 48.3 Å². The highest BCUT2D eigenvalue weighted by atomic mass is 16.6. The van der Waals surface area contributed by atoms with E-state index in [2.05, 4.69) is 0 Å². The van der Waals surface area contributed by atoms with E-state index in [0.29, 0.717) is 11.1 Å². The Hall–Kier alpha value is -7.48. The highest BCUT2D eigenvalue weighted by Gasteiger charge is 2.89. The molecule has 26 nitrogen and oxygen atoms in total. The number of esters is 10. The van der Waals surface area contributed by atoms with Crippen LogP contribution in [-0.4, -0.2) is 143 Å². The van der Waals surface area contributed by atoms with Crippen LogP contribution in [0.15, 0.2) is 46.0 Å². The molecule has 20 atom stereocenters. The fraction of sp³-hybridized carbons (Fsp3) is 0.714. The zero-order valence-corrected chi connectivity index (χ0v) is 57.9. The molecule has 26 heteroatoms. The van der Waals surface area contributed by atoms with Crippen molar-refractivity contribution in [2.24, 2.45) is 79.8 Å². The lowest BCUT2D eigenvalue weighted by atomic mass is 9.34. The lowest BCUT2D eigenvalue weighted by molar-refractivity contribution is -0.352. The number of hydrogen-bond donors (Lipinski definition) is 2. The largest absolute Gasteiger partial charge is 0.472 e. The molecule has 10 rings (SSSR count). The molecule has 0 radical (unpaired) electrons. The molecule has 0 unspecified atom stereocenters. The third-order valence-corrected chi connectivity index (χ3v) is 23.8. The maximum Gasteiger partial charge on any atom is 0.308 e. The number of ether oxygens (including phenoxy) is 10. The number of aliphatic hydroxyl groups is 2. The lowest BCUT2D eigenvalue weighted by Crippen LogP contribution is -2.88. The fourth-order valence-electron chi connectivity index (χ4n) is 20.1. The molecule has 2 saturated heterocycles. The van der Waals surface area contributed by atoms with Crippen LogP contribution < -0.4 is 0 Å². The van der Waals surface area contributed by atoms with Gasteiger partial charge in [0.05, 0.1) is 63.9 Å². The molecule has 8 fully saturated rings. The molecule has 6 saturated carbocycles. The van der Waals surface area contributed by atoms with E-state index in [4.69, 9.17) is 56.2 Å². The number of methoxy groups -OCH3 is 2. The van der Waals surface area contributed by atoms with Crippen molar-refractivity contribution < 1.29 is 124 Å². The highest BCUT2D eigenvalue weighted by molar-refractivity contribution is 6.00. The van der Waals surface area contributed by atoms with E-state index in [1.54, 1.807) is 95.2 Å². The van der Waals surface area contributed by atoms with Gasteiger partial charge < -0.3 is 66.4 Å². The number of fused-ring (bicyclic) bond motifs is 8. The summed E-state index contributed by atoms with van der Waals surface area (Å²) in [6, 6.07) is 3.26. The maximum atomic E-state index is 15.1. The molecular formula is C70H92O26. The van der Waals surface area contributed by atoms with E-state index in [0.717, 1.165) is 0 Å². The van der Waals surface area contributed by atoms with Crippen molar-refractivity contribution in [1.29, 1.82) is 0 Å². The molecule has 4 bridgehead atoms. The van der Waals surface area contributed by atoms with Crippen LogP contribution in [0.25, 0.3) is 0 Å². The molecule has 2 aromatic rings. The Labute approximate surface area is 556 Å². The smallest absolute Gasteiger partial charge is 0.308 e. The first-order chi connectivity index (χ1) is 44.5. The van der Waals surface area contributed by atoms with Crippen LogP contribution in [0.2, 0.25) is 0 Å². The van der Waals surface area contributed by atoms with Gasteiger partial charge >= 0.3 is 59.7 Å². The zero-order valence-electron chi connectivity index (χ0n) is 57.9. The summed E-state index contributed by atoms with van der Waals surface area (Å²) in [7, 11) is 2.44. The molecule has 2 N–H and O–H groups in total. The van der Waals surface area contributed by atoms with Gasteiger partial charge in [-0.25, -0.2) is 0 Å². The van der Waals surface area contributed by atoms with Gasteiger partial charge in [-0.2, -0.15) is 0 Å². The van der Waals surface area contributed by atoms with Crippen molar-refractivity contribution in [3.63, 3.8) is 0 Å². The summed E-state index contributed by atoms with van der Waals surface area (Å²) < 4.78 is 69.5. The summed E-state index contributed by atoms with van der Waals surface area (Å²) in [6.45, 7) is 24.9. The zero-order chi connectivity index (χ0) is 71.6. The molecule has 0 spiro atoms. The molecule has 6 aliphatic carbocycles. The van der Waals surface area contributed by atoms with Crippen LogP contribution in [0.3, 0.4) is 0 Å². The molecular weight excluding hydrogens is 1260 g/mol. The first-order valence-electron chi connectivity index (χ1n) is 32.7. The molecule has 528 valence electrons. The molecule has 0 amide bonds. The number of hydrogen-bond acceptors (Lipinski definition) is 26. The Balaban J connectivity index is 0.000000225. The van der Waals surface area contributed by atoms with Gasteiger partial charge in [-0.05, 0) is 49.7 Å². The van der Waals surface area contributed by atoms with Crippen molar-refractivity contribution in [1.82, 2.24) is 0 Å². The molecule has 96 heavy (non-hydrogen) atoms. The number of ketones is 2. The minimum absolute atomic E-state index is 0.173. The summed E-state index contributed by atoms with van der Waals surface area (Å²) >= 11 is 0. The Bertz CT molecular complexity index is 3250. The molecule has 0 aromatic carbocycles. The summed E-state index contributed by atoms with van der Waals surface area (Å²) in [5.74, 6) is -15.6. The second-order valence-electron chi connectivity index (χ2n) is 30.6. The predicted molar refractivity (Wildman–Crippen MR) is 326 cm³/mol. The lowest BCUT2D eigenvalue weighted by Gasteiger charge is -2.73. The van der Waals surface area contributed by atoms with Gasteiger partial charge in [0.25, 0.3) is 0 Å². The van der Waals surface area contributed by atoms with Crippen LogP contribution >= 0.6 is 0 Å². The Kier molecular flexibility index (Phi) is 18.8. The Morgan fingerprint density at radius 1 is 0.521 bits per heavy atom. The molecule has 4 heterocycles. The van der Waals surface area contributed by atoms with Gasteiger partial charge in [-0.3, -0.25) is 57.5 Å². The van der Waals surface area contributed by atoms with E-state index in [1.807, 2.05) is 0 Å². The Morgan fingerprint density at radius 2 is 0.854 bits per heavy atom. The van der Waals surface area contributed by atoms with E-state index in [-0.39, 0.29) is 51.4 Å². The monoisotopic (exact) mass is 1350 g/mol. The van der Waals surface area contributed by atoms with E-state index in [1.165, 1.54) is 67.0 Å². The number of Topliss-reactive ketones (excluding diaryl/α,β-unsaturated/α-hetero) is 2. The first-order valence-corrected chi connectivity index (χ1v) is 32.7. The summed E-state index contributed by atoms with van der Waals surface area (Å²) in [5.41, 5.74) is -16.3. The van der Waals surface area contributed by atoms with Crippen LogP contribution in [0, 0.1) is 79.8 Å². The average Bonchev–Trinajstić information content (AvgIpc) is 0.657. The van der Waals surface area contributed by atoms with Gasteiger partial charge in [-0.15, -0.1) is 0 Å². The van der Waals surface area contributed by atoms with E-state index >= 15 is 9.59 Å². The second kappa shape index (κ2) is 24.8. The highest BCUT2D eigenvalue weighted by Crippen LogP contribution is 2.76. The third kappa shape index (κ3) is 10.6. The standard InChI is InChI=1S/2C35H46O13/c2*1-17(2)27(40)47-29-31(5,6)22(14-24(38)43-9)33(8)21-10-12-32(7,26(45-18(3)36)20-11-13-44-16-20)23-15-25(39)46-30(34(29,42)28(33)41)35(21,23)48-19(4)37/h2*11,13,16-17,21-23,26,29-30,42H,10,12,14-15H2,1-9H3/t2*21-,22+,23-,26+,29+,30-,32-,33-,34+,35-/m11/s1. The molecule has 2 aliphatic heterocycles. The third-order valence-electron chi connectivity index (χ3n) is 23.8. The quantitative estimate of drug-likeness (QED) is 0.123. The molecule has 8 aliphatic rings. The summed E-state index contributed by atoms with van der Waals surface area (Å²) in [4.78, 5) is 162. The molecule has 2 aromatic heterocycles. The minimum atomic E-state index is -2.72. The SMILES string of the molecule is COC(=O)C[C@H]1C(C)(C)[C@H](OC(=O)C(C)C)[C@@]2(O)C(=O)[C@]1(C)[C@H]1CC[C@@](C)([C@@H](OC(C)=O)c3ccoc3)[C@H]3CC(=O)O[C@H]2[C@]31OC(C)=O.COC(=O)C[C@H]1C(C)(C)[C@H](OC(=O)C(C)C)[C@@]2(O)C(=O)[C@]1(C)[C@H]1CC[C@@](C)([C@@H](OC(C)=O)c3ccoc3)[C@H]3CC(=O)O[C@H]2[C@]31OC(C)=O. The van der Waals surface area contributed by atoms with Gasteiger partial charge in [0.15, 0.2) is 35.0 Å². The van der Waals surface area contributed by atoms with Gasteiger partial charge in [-0.1, -0.05) is 83.1 Å². The van der Waals surface area contributed by atoms with E-state index in [9.17, 15) is 58.2 Å². The normalized spacial score (nSPS) is 38.6. The minimum Gasteiger partial charge on any atom is -0.472 e. The number of carbonyl (C=O) groups excluding carboxylic acids is 12. The summed E-state index contributed by atoms with van der Waals surface area (Å²) in [5, 5.41) is 26.1. The van der Waals surface area contributed by atoms with E-state index < -0.39 is 210 Å². The average molecular weight is 1350 g/mol. The second-order valence-corrected chi connectivity index (χ2v) is 30.6. The van der Waals surface area contributed by atoms with Crippen molar-refractivity contribution in [2.45, 2.75) is 221 Å². The Morgan fingerprint density at radius 3 is 1.12 bits per heavy atom. The number of carbonyl (C=O) groups is 12. The fourth-order valence-corrected chi connectivity index (χ4v) is 20.1. The number of rotatable bonds is 16. The van der Waals surface area contributed by atoms with Crippen molar-refractivity contribution in [3.8, 4) is 0 Å².